The van der Waals surface area contributed by atoms with Gasteiger partial charge in [-0.3, -0.25) is 0 Å². The van der Waals surface area contributed by atoms with E-state index in [4.69, 9.17) is 2.97 Å². The summed E-state index contributed by atoms with van der Waals surface area (Å²) < 4.78 is 10.0. The van der Waals surface area contributed by atoms with Crippen LogP contribution in [0.2, 0.25) is 0 Å². The Hall–Kier alpha value is -3.59. The Labute approximate surface area is 414 Å². The monoisotopic (exact) mass is 861 g/mol. The minimum absolute atomic E-state index is 0. The molecular weight excluding hydrogens is 793 g/mol. The molecule has 0 saturated carbocycles. The molecule has 8 rings (SSSR count). The molecule has 0 saturated heterocycles. The van der Waals surface area contributed by atoms with E-state index < -0.39 is 0 Å². The fraction of sp³-hybridized carbons (Fsp3) is 0.276. The van der Waals surface area contributed by atoms with Crippen LogP contribution in [0.15, 0.2) is 146 Å². The van der Waals surface area contributed by atoms with Gasteiger partial charge in [0.05, 0.1) is 0 Å². The smallest absolute Gasteiger partial charge is 0.187 e. The molecule has 1 radical (unpaired) electrons. The quantitative estimate of drug-likeness (QED) is 0.122. The Kier molecular flexibility index (Phi) is 12.6. The molecule has 0 unspecified atom stereocenters. The summed E-state index contributed by atoms with van der Waals surface area (Å²) in [7, 11) is 0. The largest absolute Gasteiger partial charge is 1.00 e. The van der Waals surface area contributed by atoms with Crippen LogP contribution < -0.4 is 58.2 Å². The molecule has 0 aromatic heterocycles. The van der Waals surface area contributed by atoms with Gasteiger partial charge in [0.1, 0.15) is 0 Å². The summed E-state index contributed by atoms with van der Waals surface area (Å²) in [6.45, 7) is 27.8. The number of fused-ring (bicyclic) bond motifs is 3. The van der Waals surface area contributed by atoms with Crippen molar-refractivity contribution in [3.05, 3.63) is 168 Å². The molecular formula is C58H65BRb. The van der Waals surface area contributed by atoms with E-state index in [2.05, 4.69) is 229 Å². The van der Waals surface area contributed by atoms with Gasteiger partial charge in [-0.05, 0) is 133 Å². The van der Waals surface area contributed by atoms with Crippen molar-refractivity contribution in [2.45, 2.75) is 105 Å². The van der Waals surface area contributed by atoms with Crippen molar-refractivity contribution in [3.8, 4) is 44.5 Å². The molecule has 0 aliphatic heterocycles. The molecule has 0 aliphatic rings. The van der Waals surface area contributed by atoms with Crippen LogP contribution in [0.4, 0.5) is 0 Å². The molecule has 8 aromatic carbocycles. The van der Waals surface area contributed by atoms with Gasteiger partial charge in [0.15, 0.2) is 0 Å². The minimum atomic E-state index is -0.0286. The van der Waals surface area contributed by atoms with Gasteiger partial charge in [0.25, 0.3) is 0 Å². The van der Waals surface area contributed by atoms with E-state index in [0.29, 0.717) is 0 Å². The number of rotatable bonds is 4. The van der Waals surface area contributed by atoms with Gasteiger partial charge in [-0.25, -0.2) is 0 Å². The maximum Gasteiger partial charge on any atom is 1.00 e. The van der Waals surface area contributed by atoms with Crippen molar-refractivity contribution in [2.24, 2.45) is 0 Å². The maximum atomic E-state index is 5.00. The molecule has 0 fully saturated rings. The summed E-state index contributed by atoms with van der Waals surface area (Å²) >= 11 is 0. The average Bonchev–Trinajstić information content (AvgIpc) is 3.21. The third-order valence-electron chi connectivity index (χ3n) is 12.3. The predicted octanol–water partition coefficient (Wildman–Crippen LogP) is 13.1. The Balaban J connectivity index is 0.00000179. The topological polar surface area (TPSA) is 0 Å². The van der Waals surface area contributed by atoms with Crippen LogP contribution in [0, 0.1) is 0 Å². The van der Waals surface area contributed by atoms with Crippen LogP contribution in [0.1, 0.15) is 108 Å². The van der Waals surface area contributed by atoms with Gasteiger partial charge in [0.2, 0.25) is 0 Å². The molecule has 0 heterocycles. The molecule has 8 aromatic rings. The Morgan fingerprint density at radius 1 is 0.300 bits per heavy atom. The third kappa shape index (κ3) is 8.59. The van der Waals surface area contributed by atoms with E-state index >= 15 is 0 Å². The van der Waals surface area contributed by atoms with Crippen LogP contribution in [-0.4, -0.2) is 8.41 Å². The minimum Gasteiger partial charge on any atom is -0.187 e. The molecule has 0 bridgehead atoms. The van der Waals surface area contributed by atoms with Gasteiger partial charge < -0.3 is 0 Å². The van der Waals surface area contributed by atoms with Gasteiger partial charge in [-0.15, -0.1) is 0 Å². The molecule has 0 aliphatic carbocycles. The first kappa shape index (κ1) is 44.5. The second kappa shape index (κ2) is 16.9. The van der Waals surface area contributed by atoms with Crippen LogP contribution >= 0.6 is 0 Å². The fourth-order valence-corrected chi connectivity index (χ4v) is 8.84. The first-order valence-corrected chi connectivity index (χ1v) is 21.2. The van der Waals surface area contributed by atoms with E-state index in [1.807, 2.05) is 0 Å². The molecule has 0 atom stereocenters. The van der Waals surface area contributed by atoms with E-state index in [1.54, 1.807) is 0 Å². The van der Waals surface area contributed by atoms with E-state index in [0.717, 1.165) is 0 Å². The van der Waals surface area contributed by atoms with E-state index in [-0.39, 0.29) is 88.3 Å². The Bertz CT molecular complexity index is 2620. The molecule has 2 heteroatoms. The van der Waals surface area contributed by atoms with Gasteiger partial charge >= 0.3 is 58.2 Å². The summed E-state index contributed by atoms with van der Waals surface area (Å²) in [5.74, 6) is 0. The molecule has 0 nitrogen and oxygen atoms in total. The second-order valence-corrected chi connectivity index (χ2v) is 20.7. The molecule has 0 N–H and O–H groups in total. The molecule has 0 spiro atoms. The zero-order valence-corrected chi connectivity index (χ0v) is 42.8. The van der Waals surface area contributed by atoms with Gasteiger partial charge in [-0.2, -0.15) is 8.41 Å². The summed E-state index contributed by atoms with van der Waals surface area (Å²) in [6, 6.07) is 55.9. The van der Waals surface area contributed by atoms with Crippen LogP contribution in [0.5, 0.6) is 0 Å². The summed E-state index contributed by atoms with van der Waals surface area (Å²) in [4.78, 5) is 0. The number of hydrogen-bond donors (Lipinski definition) is 0. The summed E-state index contributed by atoms with van der Waals surface area (Å²) in [5.41, 5.74) is 15.5. The van der Waals surface area contributed by atoms with Crippen LogP contribution in [-0.2, 0) is 21.7 Å². The average molecular weight is 862 g/mol. The fourth-order valence-electron chi connectivity index (χ4n) is 8.84. The van der Waals surface area contributed by atoms with Crippen molar-refractivity contribution in [2.75, 3.05) is 0 Å². The van der Waals surface area contributed by atoms with E-state index in [9.17, 15) is 0 Å². The van der Waals surface area contributed by atoms with Crippen LogP contribution in [0.25, 0.3) is 76.8 Å². The maximum absolute atomic E-state index is 5.00. The normalized spacial score (nSPS) is 12.5. The van der Waals surface area contributed by atoms with Crippen LogP contribution in [0.3, 0.4) is 0 Å². The number of hydrogen-bond acceptors (Lipinski definition) is 0. The summed E-state index contributed by atoms with van der Waals surface area (Å²) in [5, 5.41) is 7.74. The Morgan fingerprint density at radius 2 is 0.550 bits per heavy atom. The van der Waals surface area contributed by atoms with Crippen molar-refractivity contribution in [1.82, 2.24) is 0 Å². The van der Waals surface area contributed by atoms with Crippen molar-refractivity contribution >= 4 is 40.7 Å². The van der Waals surface area contributed by atoms with E-state index in [1.165, 1.54) is 99.1 Å². The van der Waals surface area contributed by atoms with Crippen molar-refractivity contribution in [3.63, 3.8) is 0 Å². The van der Waals surface area contributed by atoms with Gasteiger partial charge in [-0.1, -0.05) is 217 Å². The molecule has 60 heavy (non-hydrogen) atoms. The predicted molar refractivity (Wildman–Crippen MR) is 268 cm³/mol. The zero-order chi connectivity index (χ0) is 43.4. The Morgan fingerprint density at radius 3 is 0.833 bits per heavy atom. The van der Waals surface area contributed by atoms with Crippen molar-refractivity contribution < 1.29 is 61.2 Å². The zero-order valence-electron chi connectivity index (χ0n) is 39.9. The molecule has 0 amide bonds. The summed E-state index contributed by atoms with van der Waals surface area (Å²) in [6.07, 6.45) is 0. The standard InChI is InChI=1S/C58H60.BH3.Rb.H2/c1-55(2,3)41-27-23-39(24-28-41)49-45-33-31-43(57(7,8)9)35-47(45)52(38-21-17-14-18-22-38)54-50(40-25-29-42(30-26-40)56(4,5)6)46-34-32-44(58(10,11)12)36-48(46)51(53(49)54)37-19-15-13-16-20-37;;;/h13-36H,1-12H3;1H3;;1H/q;-1;+1;/i;;;1+2T. The first-order chi connectivity index (χ1) is 28.3. The third-order valence-corrected chi connectivity index (χ3v) is 12.3. The SMILES string of the molecule is CC(C)(C)c1ccc(-c2c3ccc(C(C)(C)C)cc3c(-c3ccccc3)c3c(-c4ccc(C(C)(C)C)cc4)c4ccc(C(C)(C)C)cc4c(-c4ccccc4)c23)cc1.[3H][3H].[BH3-].[Rb+]. The van der Waals surface area contributed by atoms with Gasteiger partial charge in [0, 0.05) is 2.97 Å². The second-order valence-electron chi connectivity index (χ2n) is 20.7. The molecule has 301 valence electrons. The number of benzene rings is 8. The van der Waals surface area contributed by atoms with Crippen molar-refractivity contribution in [1.29, 1.82) is 0 Å². The first-order valence-electron chi connectivity index (χ1n) is 22.2.